The lowest BCUT2D eigenvalue weighted by Gasteiger charge is -2.17. The molecule has 0 saturated carbocycles. The van der Waals surface area contributed by atoms with Gasteiger partial charge in [0.1, 0.15) is 11.6 Å². The maximum absolute atomic E-state index is 13.3. The lowest BCUT2D eigenvalue weighted by atomic mass is 10.1. The minimum Gasteiger partial charge on any atom is -0.497 e. The van der Waals surface area contributed by atoms with E-state index in [4.69, 9.17) is 16.3 Å². The number of anilines is 1. The van der Waals surface area contributed by atoms with E-state index in [1.54, 1.807) is 11.0 Å². The van der Waals surface area contributed by atoms with E-state index in [0.717, 1.165) is 0 Å². The van der Waals surface area contributed by atoms with E-state index >= 15 is 0 Å². The summed E-state index contributed by atoms with van der Waals surface area (Å²) in [6.45, 7) is 0.537. The Morgan fingerprint density at radius 1 is 1.53 bits per heavy atom. The molecule has 0 aliphatic carbocycles. The van der Waals surface area contributed by atoms with Gasteiger partial charge in [0.2, 0.25) is 5.91 Å². The Labute approximate surface area is 104 Å². The summed E-state index contributed by atoms with van der Waals surface area (Å²) in [6, 6.07) is 4.26. The van der Waals surface area contributed by atoms with Crippen LogP contribution in [0.1, 0.15) is 6.42 Å². The van der Waals surface area contributed by atoms with E-state index in [9.17, 15) is 9.18 Å². The first-order chi connectivity index (χ1) is 8.13. The van der Waals surface area contributed by atoms with Gasteiger partial charge in [0.25, 0.3) is 0 Å². The fourth-order valence-electron chi connectivity index (χ4n) is 1.96. The average molecular weight is 258 g/mol. The van der Waals surface area contributed by atoms with E-state index in [0.29, 0.717) is 30.3 Å². The number of benzene rings is 1. The standard InChI is InChI=1S/C12H13ClFNO2/c1-17-11-4-9(14)3-10(5-11)15-7-8(6-13)2-12(15)16/h3-5,8H,2,6-7H2,1H3. The number of rotatable bonds is 3. The predicted molar refractivity (Wildman–Crippen MR) is 64.1 cm³/mol. The van der Waals surface area contributed by atoms with Crippen LogP contribution in [0, 0.1) is 11.7 Å². The zero-order valence-corrected chi connectivity index (χ0v) is 10.2. The van der Waals surface area contributed by atoms with E-state index < -0.39 is 5.82 Å². The Bertz CT molecular complexity index is 439. The van der Waals surface area contributed by atoms with Gasteiger partial charge >= 0.3 is 0 Å². The molecule has 1 aromatic carbocycles. The first-order valence-corrected chi connectivity index (χ1v) is 5.88. The predicted octanol–water partition coefficient (Wildman–Crippen LogP) is 2.43. The van der Waals surface area contributed by atoms with E-state index in [1.165, 1.54) is 19.2 Å². The number of hydrogen-bond donors (Lipinski definition) is 0. The molecule has 1 aliphatic heterocycles. The average Bonchev–Trinajstić information content (AvgIpc) is 2.69. The largest absolute Gasteiger partial charge is 0.497 e. The fourth-order valence-corrected chi connectivity index (χ4v) is 2.16. The van der Waals surface area contributed by atoms with E-state index in [-0.39, 0.29) is 11.8 Å². The third-order valence-corrected chi connectivity index (χ3v) is 3.26. The topological polar surface area (TPSA) is 29.5 Å². The van der Waals surface area contributed by atoms with E-state index in [1.807, 2.05) is 0 Å². The second-order valence-corrected chi connectivity index (χ2v) is 4.39. The molecule has 1 aromatic rings. The van der Waals surface area contributed by atoms with Crippen molar-refractivity contribution in [1.29, 1.82) is 0 Å². The molecule has 17 heavy (non-hydrogen) atoms. The number of methoxy groups -OCH3 is 1. The first-order valence-electron chi connectivity index (χ1n) is 5.35. The monoisotopic (exact) mass is 257 g/mol. The highest BCUT2D eigenvalue weighted by atomic mass is 35.5. The number of halogens is 2. The summed E-state index contributed by atoms with van der Waals surface area (Å²) in [7, 11) is 1.46. The van der Waals surface area contributed by atoms with Crippen molar-refractivity contribution in [2.75, 3.05) is 24.4 Å². The summed E-state index contributed by atoms with van der Waals surface area (Å²) in [5.74, 6) is 0.541. The minimum atomic E-state index is -0.415. The van der Waals surface area contributed by atoms with Gasteiger partial charge in [0.15, 0.2) is 0 Å². The maximum atomic E-state index is 13.3. The van der Waals surface area contributed by atoms with Crippen molar-refractivity contribution in [3.63, 3.8) is 0 Å². The summed E-state index contributed by atoms with van der Waals surface area (Å²) < 4.78 is 18.3. The molecule has 1 aliphatic rings. The minimum absolute atomic E-state index is 0.0247. The Morgan fingerprint density at radius 2 is 2.29 bits per heavy atom. The highest BCUT2D eigenvalue weighted by Crippen LogP contribution is 2.29. The molecule has 3 nitrogen and oxygen atoms in total. The molecule has 1 atom stereocenters. The summed E-state index contributed by atoms with van der Waals surface area (Å²) in [5.41, 5.74) is 0.527. The van der Waals surface area contributed by atoms with Crippen molar-refractivity contribution in [1.82, 2.24) is 0 Å². The van der Waals surface area contributed by atoms with Gasteiger partial charge < -0.3 is 9.64 Å². The Morgan fingerprint density at radius 3 is 2.88 bits per heavy atom. The third-order valence-electron chi connectivity index (χ3n) is 2.83. The van der Waals surface area contributed by atoms with Crippen LogP contribution in [0.15, 0.2) is 18.2 Å². The molecular weight excluding hydrogens is 245 g/mol. The van der Waals surface area contributed by atoms with Gasteiger partial charge in [-0.1, -0.05) is 0 Å². The van der Waals surface area contributed by atoms with Crippen LogP contribution in [0.2, 0.25) is 0 Å². The SMILES string of the molecule is COc1cc(F)cc(N2CC(CCl)CC2=O)c1. The molecule has 0 aromatic heterocycles. The van der Waals surface area contributed by atoms with Gasteiger partial charge in [0.05, 0.1) is 12.8 Å². The summed E-state index contributed by atoms with van der Waals surface area (Å²) in [4.78, 5) is 13.3. The molecule has 92 valence electrons. The van der Waals surface area contributed by atoms with Crippen LogP contribution >= 0.6 is 11.6 Å². The molecule has 0 radical (unpaired) electrons. The summed E-state index contributed by atoms with van der Waals surface area (Å²) in [6.07, 6.45) is 0.419. The van der Waals surface area contributed by atoms with Crippen LogP contribution in [-0.4, -0.2) is 25.4 Å². The number of carbonyl (C=O) groups is 1. The van der Waals surface area contributed by atoms with Crippen molar-refractivity contribution in [2.45, 2.75) is 6.42 Å². The Balaban J connectivity index is 2.28. The fraction of sp³-hybridized carbons (Fsp3) is 0.417. The lowest BCUT2D eigenvalue weighted by Crippen LogP contribution is -2.24. The van der Waals surface area contributed by atoms with Crippen molar-refractivity contribution in [3.8, 4) is 5.75 Å². The number of alkyl halides is 1. The van der Waals surface area contributed by atoms with Gasteiger partial charge in [-0.3, -0.25) is 4.79 Å². The van der Waals surface area contributed by atoms with Crippen LogP contribution in [0.25, 0.3) is 0 Å². The zero-order valence-electron chi connectivity index (χ0n) is 9.45. The highest BCUT2D eigenvalue weighted by molar-refractivity contribution is 6.18. The van der Waals surface area contributed by atoms with Gasteiger partial charge in [0, 0.05) is 31.0 Å². The molecule has 0 bridgehead atoms. The molecular formula is C12H13ClFNO2. The number of amides is 1. The molecule has 1 heterocycles. The molecule has 1 unspecified atom stereocenters. The normalized spacial score (nSPS) is 19.8. The number of hydrogen-bond acceptors (Lipinski definition) is 2. The second-order valence-electron chi connectivity index (χ2n) is 4.08. The van der Waals surface area contributed by atoms with Crippen LogP contribution in [-0.2, 0) is 4.79 Å². The van der Waals surface area contributed by atoms with Crippen LogP contribution in [0.4, 0.5) is 10.1 Å². The quantitative estimate of drug-likeness (QED) is 0.779. The lowest BCUT2D eigenvalue weighted by molar-refractivity contribution is -0.117. The molecule has 1 fully saturated rings. The smallest absolute Gasteiger partial charge is 0.227 e. The van der Waals surface area contributed by atoms with Crippen molar-refractivity contribution >= 4 is 23.2 Å². The summed E-state index contributed by atoms with van der Waals surface area (Å²) >= 11 is 5.74. The summed E-state index contributed by atoms with van der Waals surface area (Å²) in [5, 5.41) is 0. The molecule has 0 spiro atoms. The van der Waals surface area contributed by atoms with Gasteiger partial charge in [-0.25, -0.2) is 4.39 Å². The van der Waals surface area contributed by atoms with E-state index in [2.05, 4.69) is 0 Å². The molecule has 1 saturated heterocycles. The Hall–Kier alpha value is -1.29. The first kappa shape index (κ1) is 12.2. The van der Waals surface area contributed by atoms with Crippen molar-refractivity contribution in [2.24, 2.45) is 5.92 Å². The number of carbonyl (C=O) groups excluding carboxylic acids is 1. The van der Waals surface area contributed by atoms with Crippen molar-refractivity contribution in [3.05, 3.63) is 24.0 Å². The Kier molecular flexibility index (Phi) is 3.52. The third kappa shape index (κ3) is 2.52. The van der Waals surface area contributed by atoms with Crippen LogP contribution < -0.4 is 9.64 Å². The molecule has 2 rings (SSSR count). The number of ether oxygens (including phenoxy) is 1. The number of nitrogens with zero attached hydrogens (tertiary/aromatic N) is 1. The highest BCUT2D eigenvalue weighted by Gasteiger charge is 2.30. The maximum Gasteiger partial charge on any atom is 0.227 e. The van der Waals surface area contributed by atoms with Gasteiger partial charge in [-0.15, -0.1) is 11.6 Å². The molecule has 5 heteroatoms. The molecule has 1 amide bonds. The van der Waals surface area contributed by atoms with Crippen LogP contribution in [0.3, 0.4) is 0 Å². The molecule has 0 N–H and O–H groups in total. The van der Waals surface area contributed by atoms with Gasteiger partial charge in [-0.2, -0.15) is 0 Å². The van der Waals surface area contributed by atoms with Gasteiger partial charge in [-0.05, 0) is 12.0 Å². The second kappa shape index (κ2) is 4.92. The zero-order chi connectivity index (χ0) is 12.4. The van der Waals surface area contributed by atoms with Crippen molar-refractivity contribution < 1.29 is 13.9 Å². The van der Waals surface area contributed by atoms with Crippen LogP contribution in [0.5, 0.6) is 5.75 Å².